The zero-order chi connectivity index (χ0) is 51.4. The van der Waals surface area contributed by atoms with Crippen LogP contribution in [0.15, 0.2) is 134 Å². The Labute approximate surface area is 436 Å². The zero-order valence-corrected chi connectivity index (χ0v) is 45.7. The molecular weight excluding hydrogens is 877 g/mol. The lowest BCUT2D eigenvalue weighted by Crippen LogP contribution is -2.30. The maximum absolute atomic E-state index is 12.9. The van der Waals surface area contributed by atoms with Gasteiger partial charge in [-0.05, 0) is 103 Å². The van der Waals surface area contributed by atoms with Crippen LogP contribution in [-0.2, 0) is 28.6 Å². The molecule has 0 aliphatic rings. The highest BCUT2D eigenvalue weighted by atomic mass is 16.6. The molecule has 0 aliphatic carbocycles. The van der Waals surface area contributed by atoms with Crippen LogP contribution in [0.3, 0.4) is 0 Å². The van der Waals surface area contributed by atoms with E-state index in [1.54, 1.807) is 0 Å². The molecule has 0 fully saturated rings. The fourth-order valence-corrected chi connectivity index (χ4v) is 7.44. The molecule has 0 heterocycles. The van der Waals surface area contributed by atoms with Crippen LogP contribution in [0.5, 0.6) is 0 Å². The van der Waals surface area contributed by atoms with Gasteiger partial charge in [-0.2, -0.15) is 0 Å². The van der Waals surface area contributed by atoms with Crippen LogP contribution >= 0.6 is 0 Å². The molecule has 71 heavy (non-hydrogen) atoms. The van der Waals surface area contributed by atoms with Crippen molar-refractivity contribution in [2.75, 3.05) is 13.2 Å². The van der Waals surface area contributed by atoms with E-state index in [-0.39, 0.29) is 37.5 Å². The standard InChI is InChI=1S/C65H104O6/c1-4-7-10-13-16-19-22-25-28-30-32-34-37-39-42-45-48-51-54-57-63(66)69-60-62(71-65(68)59-56-53-50-47-44-41-36-27-24-21-18-15-12-9-6-3)61-70-64(67)58-55-52-49-46-43-40-38-35-33-31-29-26-23-20-17-14-11-8-5-2/h7-8,10-11,16-17,19-20,25-26,28-29,32-35,39-40,42-43,48,51,62H,4-6,9,12-15,18,21-24,27,30-31,36-38,41,44-47,49-50,52-61H2,1-3H3/b10-7-,11-8-,19-16-,20-17-,28-25-,29-26-,34-32-,35-33-,42-39-,43-40-,51-48-/t62-/m1/s1. The Morgan fingerprint density at radius 1 is 0.296 bits per heavy atom. The van der Waals surface area contributed by atoms with Crippen LogP contribution in [-0.4, -0.2) is 37.2 Å². The zero-order valence-electron chi connectivity index (χ0n) is 45.7. The largest absolute Gasteiger partial charge is 0.462 e. The first-order chi connectivity index (χ1) is 35.0. The minimum absolute atomic E-state index is 0.121. The Morgan fingerprint density at radius 2 is 0.577 bits per heavy atom. The third-order valence-corrected chi connectivity index (χ3v) is 11.7. The van der Waals surface area contributed by atoms with E-state index < -0.39 is 6.10 Å². The molecular formula is C65H104O6. The fourth-order valence-electron chi connectivity index (χ4n) is 7.44. The van der Waals surface area contributed by atoms with Gasteiger partial charge in [0.2, 0.25) is 0 Å². The van der Waals surface area contributed by atoms with E-state index in [1.165, 1.54) is 77.0 Å². The molecule has 6 heteroatoms. The number of carbonyl (C=O) groups is 3. The molecule has 0 saturated heterocycles. The molecule has 0 unspecified atom stereocenters. The van der Waals surface area contributed by atoms with Crippen LogP contribution in [0.4, 0.5) is 0 Å². The molecule has 0 saturated carbocycles. The smallest absolute Gasteiger partial charge is 0.306 e. The first kappa shape index (κ1) is 66.6. The number of hydrogen-bond donors (Lipinski definition) is 0. The van der Waals surface area contributed by atoms with Crippen molar-refractivity contribution in [2.45, 2.75) is 245 Å². The second kappa shape index (κ2) is 58.1. The van der Waals surface area contributed by atoms with Crippen molar-refractivity contribution in [3.8, 4) is 0 Å². The second-order valence-electron chi connectivity index (χ2n) is 18.4. The molecule has 1 atom stereocenters. The van der Waals surface area contributed by atoms with Crippen molar-refractivity contribution in [1.29, 1.82) is 0 Å². The molecule has 0 aromatic heterocycles. The van der Waals surface area contributed by atoms with E-state index in [1.807, 2.05) is 6.08 Å². The van der Waals surface area contributed by atoms with Gasteiger partial charge in [-0.1, -0.05) is 251 Å². The summed E-state index contributed by atoms with van der Waals surface area (Å²) in [7, 11) is 0. The highest BCUT2D eigenvalue weighted by molar-refractivity contribution is 5.71. The van der Waals surface area contributed by atoms with Gasteiger partial charge in [0, 0.05) is 19.3 Å². The molecule has 0 bridgehead atoms. The van der Waals surface area contributed by atoms with Crippen LogP contribution in [0.1, 0.15) is 239 Å². The van der Waals surface area contributed by atoms with E-state index in [0.717, 1.165) is 116 Å². The summed E-state index contributed by atoms with van der Waals surface area (Å²) in [6, 6.07) is 0. The van der Waals surface area contributed by atoms with E-state index in [9.17, 15) is 14.4 Å². The van der Waals surface area contributed by atoms with E-state index in [0.29, 0.717) is 19.3 Å². The Kier molecular flexibility index (Phi) is 54.5. The summed E-state index contributed by atoms with van der Waals surface area (Å²) >= 11 is 0. The summed E-state index contributed by atoms with van der Waals surface area (Å²) in [5, 5.41) is 0. The first-order valence-corrected chi connectivity index (χ1v) is 28.7. The van der Waals surface area contributed by atoms with Crippen molar-refractivity contribution in [1.82, 2.24) is 0 Å². The quantitative estimate of drug-likeness (QED) is 0.0262. The van der Waals surface area contributed by atoms with Gasteiger partial charge in [0.15, 0.2) is 6.10 Å². The predicted molar refractivity (Wildman–Crippen MR) is 306 cm³/mol. The molecule has 400 valence electrons. The molecule has 6 nitrogen and oxygen atoms in total. The number of carbonyl (C=O) groups excluding carboxylic acids is 3. The van der Waals surface area contributed by atoms with Gasteiger partial charge in [0.25, 0.3) is 0 Å². The normalized spacial score (nSPS) is 13.1. The number of rotatable bonds is 50. The highest BCUT2D eigenvalue weighted by Gasteiger charge is 2.19. The summed E-state index contributed by atoms with van der Waals surface area (Å²) in [6.45, 7) is 6.32. The number of hydrogen-bond acceptors (Lipinski definition) is 6. The number of allylic oxidation sites excluding steroid dienone is 22. The van der Waals surface area contributed by atoms with E-state index in [4.69, 9.17) is 14.2 Å². The van der Waals surface area contributed by atoms with Crippen LogP contribution < -0.4 is 0 Å². The molecule has 0 radical (unpaired) electrons. The van der Waals surface area contributed by atoms with Crippen molar-refractivity contribution < 1.29 is 28.6 Å². The Bertz CT molecular complexity index is 1550. The summed E-state index contributed by atoms with van der Waals surface area (Å²) in [5.74, 6) is -1.04. The van der Waals surface area contributed by atoms with Crippen LogP contribution in [0.2, 0.25) is 0 Å². The van der Waals surface area contributed by atoms with Crippen molar-refractivity contribution in [3.63, 3.8) is 0 Å². The van der Waals surface area contributed by atoms with Gasteiger partial charge >= 0.3 is 17.9 Å². The molecule has 0 rings (SSSR count). The third-order valence-electron chi connectivity index (χ3n) is 11.7. The number of esters is 3. The maximum atomic E-state index is 12.9. The molecule has 0 amide bonds. The first-order valence-electron chi connectivity index (χ1n) is 28.7. The predicted octanol–water partition coefficient (Wildman–Crippen LogP) is 19.4. The van der Waals surface area contributed by atoms with Gasteiger partial charge in [-0.3, -0.25) is 14.4 Å². The topological polar surface area (TPSA) is 78.9 Å². The minimum atomic E-state index is -0.826. The Hall–Kier alpha value is -4.45. The summed E-state index contributed by atoms with van der Waals surface area (Å²) in [5.41, 5.74) is 0. The van der Waals surface area contributed by atoms with E-state index >= 15 is 0 Å². The SMILES string of the molecule is CC/C=C\C/C=C\C/C=C\C/C=C\C/C=C\C/C=C\CCC(=O)OC[C@H](COC(=O)CCCCC/C=C\C/C=C\C/C=C\C/C=C\C/C=C\CC)OC(=O)CCCCCCCCCCCCCCCCC. The van der Waals surface area contributed by atoms with E-state index in [2.05, 4.69) is 148 Å². The lowest BCUT2D eigenvalue weighted by atomic mass is 10.0. The summed E-state index contributed by atoms with van der Waals surface area (Å²) in [6.07, 6.45) is 81.6. The average molecular weight is 982 g/mol. The lowest BCUT2D eigenvalue weighted by molar-refractivity contribution is -0.166. The van der Waals surface area contributed by atoms with Crippen molar-refractivity contribution in [2.24, 2.45) is 0 Å². The maximum Gasteiger partial charge on any atom is 0.306 e. The molecule has 0 aromatic rings. The van der Waals surface area contributed by atoms with Gasteiger partial charge in [-0.25, -0.2) is 0 Å². The Balaban J connectivity index is 4.57. The summed E-state index contributed by atoms with van der Waals surface area (Å²) < 4.78 is 16.8. The Morgan fingerprint density at radius 3 is 0.944 bits per heavy atom. The van der Waals surface area contributed by atoms with Gasteiger partial charge in [0.1, 0.15) is 13.2 Å². The van der Waals surface area contributed by atoms with Crippen LogP contribution in [0.25, 0.3) is 0 Å². The second-order valence-corrected chi connectivity index (χ2v) is 18.4. The molecule has 0 aliphatic heterocycles. The number of ether oxygens (including phenoxy) is 3. The molecule has 0 aromatic carbocycles. The number of unbranched alkanes of at least 4 members (excludes halogenated alkanes) is 17. The third kappa shape index (κ3) is 56.3. The fraction of sp³-hybridized carbons (Fsp3) is 0.615. The average Bonchev–Trinajstić information content (AvgIpc) is 3.37. The summed E-state index contributed by atoms with van der Waals surface area (Å²) in [4.78, 5) is 38.1. The van der Waals surface area contributed by atoms with Crippen molar-refractivity contribution in [3.05, 3.63) is 134 Å². The highest BCUT2D eigenvalue weighted by Crippen LogP contribution is 2.15. The molecule has 0 spiro atoms. The van der Waals surface area contributed by atoms with Gasteiger partial charge < -0.3 is 14.2 Å². The monoisotopic (exact) mass is 981 g/mol. The van der Waals surface area contributed by atoms with Crippen LogP contribution in [0, 0.1) is 0 Å². The minimum Gasteiger partial charge on any atom is -0.462 e. The van der Waals surface area contributed by atoms with Gasteiger partial charge in [0.05, 0.1) is 0 Å². The lowest BCUT2D eigenvalue weighted by Gasteiger charge is -2.18. The van der Waals surface area contributed by atoms with Crippen molar-refractivity contribution >= 4 is 17.9 Å². The van der Waals surface area contributed by atoms with Gasteiger partial charge in [-0.15, -0.1) is 0 Å². The molecule has 0 N–H and O–H groups in total.